The van der Waals surface area contributed by atoms with Crippen LogP contribution in [0.5, 0.6) is 5.88 Å². The van der Waals surface area contributed by atoms with Crippen LogP contribution in [0.25, 0.3) is 0 Å². The van der Waals surface area contributed by atoms with Crippen LogP contribution in [0.15, 0.2) is 12.4 Å². The van der Waals surface area contributed by atoms with Crippen LogP contribution in [0.4, 0.5) is 5.82 Å². The van der Waals surface area contributed by atoms with Gasteiger partial charge in [0.2, 0.25) is 5.88 Å². The van der Waals surface area contributed by atoms with Crippen molar-refractivity contribution < 1.29 is 14.3 Å². The van der Waals surface area contributed by atoms with E-state index < -0.39 is 0 Å². The Morgan fingerprint density at radius 1 is 1.41 bits per heavy atom. The van der Waals surface area contributed by atoms with E-state index in [0.29, 0.717) is 18.8 Å². The summed E-state index contributed by atoms with van der Waals surface area (Å²) in [5.41, 5.74) is 0. The van der Waals surface area contributed by atoms with Crippen LogP contribution in [0, 0.1) is 0 Å². The van der Waals surface area contributed by atoms with Gasteiger partial charge in [-0.15, -0.1) is 0 Å². The lowest BCUT2D eigenvalue weighted by Crippen LogP contribution is -2.27. The Balaban J connectivity index is 2.68. The van der Waals surface area contributed by atoms with Crippen LogP contribution in [-0.2, 0) is 9.53 Å². The minimum absolute atomic E-state index is 0.232. The Kier molecular flexibility index (Phi) is 5.19. The predicted octanol–water partition coefficient (Wildman–Crippen LogP) is 0.875. The van der Waals surface area contributed by atoms with Crippen molar-refractivity contribution in [2.45, 2.75) is 13.3 Å². The molecule has 0 amide bonds. The molecule has 0 saturated carbocycles. The quantitative estimate of drug-likeness (QED) is 0.686. The largest absolute Gasteiger partial charge is 0.481 e. The van der Waals surface area contributed by atoms with Gasteiger partial charge in [-0.1, -0.05) is 0 Å². The molecule has 0 aliphatic rings. The highest BCUT2D eigenvalue weighted by Crippen LogP contribution is 2.15. The molecule has 0 radical (unpaired) electrons. The van der Waals surface area contributed by atoms with Crippen molar-refractivity contribution in [3.63, 3.8) is 0 Å². The van der Waals surface area contributed by atoms with E-state index in [1.165, 1.54) is 13.4 Å². The minimum Gasteiger partial charge on any atom is -0.481 e. The fourth-order valence-electron chi connectivity index (χ4n) is 1.38. The average molecular weight is 239 g/mol. The zero-order valence-electron chi connectivity index (χ0n) is 10.3. The van der Waals surface area contributed by atoms with Gasteiger partial charge in [0.05, 0.1) is 20.6 Å². The van der Waals surface area contributed by atoms with E-state index in [-0.39, 0.29) is 5.97 Å². The Morgan fingerprint density at radius 2 is 2.18 bits per heavy atom. The maximum absolute atomic E-state index is 11.1. The second-order valence-corrected chi connectivity index (χ2v) is 3.32. The lowest BCUT2D eigenvalue weighted by Gasteiger charge is -2.21. The van der Waals surface area contributed by atoms with Gasteiger partial charge in [-0.05, 0) is 6.92 Å². The topological polar surface area (TPSA) is 64.6 Å². The number of methoxy groups -OCH3 is 2. The van der Waals surface area contributed by atoms with Crippen molar-refractivity contribution in [1.82, 2.24) is 9.97 Å². The van der Waals surface area contributed by atoms with Gasteiger partial charge in [-0.25, -0.2) is 9.97 Å². The number of hydrogen-bond donors (Lipinski definition) is 0. The minimum atomic E-state index is -0.232. The molecular formula is C11H17N3O3. The molecule has 0 aliphatic heterocycles. The molecule has 1 aromatic heterocycles. The van der Waals surface area contributed by atoms with E-state index in [1.54, 1.807) is 13.2 Å². The highest BCUT2D eigenvalue weighted by molar-refractivity contribution is 5.69. The fourth-order valence-corrected chi connectivity index (χ4v) is 1.38. The van der Waals surface area contributed by atoms with Crippen molar-refractivity contribution in [3.8, 4) is 5.88 Å². The third-order valence-corrected chi connectivity index (χ3v) is 2.36. The molecule has 0 atom stereocenters. The van der Waals surface area contributed by atoms with E-state index in [0.717, 1.165) is 12.4 Å². The molecule has 0 unspecified atom stereocenters. The molecule has 0 fully saturated rings. The summed E-state index contributed by atoms with van der Waals surface area (Å²) in [6.07, 6.45) is 1.77. The second kappa shape index (κ2) is 6.67. The van der Waals surface area contributed by atoms with Crippen molar-refractivity contribution in [1.29, 1.82) is 0 Å². The summed E-state index contributed by atoms with van der Waals surface area (Å²) in [7, 11) is 2.93. The Bertz CT molecular complexity index is 371. The molecule has 6 heteroatoms. The van der Waals surface area contributed by atoms with Gasteiger partial charge >= 0.3 is 5.97 Å². The summed E-state index contributed by atoms with van der Waals surface area (Å²) in [6.45, 7) is 3.30. The molecule has 6 nitrogen and oxygen atoms in total. The van der Waals surface area contributed by atoms with Gasteiger partial charge in [-0.3, -0.25) is 4.79 Å². The molecule has 17 heavy (non-hydrogen) atoms. The molecule has 0 saturated heterocycles. The normalized spacial score (nSPS) is 9.82. The van der Waals surface area contributed by atoms with Crippen LogP contribution in [0.1, 0.15) is 13.3 Å². The molecule has 0 N–H and O–H groups in total. The highest BCUT2D eigenvalue weighted by Gasteiger charge is 2.10. The van der Waals surface area contributed by atoms with Gasteiger partial charge in [0.25, 0.3) is 0 Å². The van der Waals surface area contributed by atoms with Crippen molar-refractivity contribution in [3.05, 3.63) is 12.4 Å². The lowest BCUT2D eigenvalue weighted by atomic mass is 10.3. The molecule has 0 spiro atoms. The Labute approximate surface area is 101 Å². The summed E-state index contributed by atoms with van der Waals surface area (Å²) >= 11 is 0. The van der Waals surface area contributed by atoms with Gasteiger partial charge in [0.15, 0.2) is 0 Å². The third kappa shape index (κ3) is 3.90. The van der Waals surface area contributed by atoms with Crippen LogP contribution < -0.4 is 9.64 Å². The maximum atomic E-state index is 11.1. The number of anilines is 1. The van der Waals surface area contributed by atoms with Gasteiger partial charge < -0.3 is 14.4 Å². The third-order valence-electron chi connectivity index (χ3n) is 2.36. The molecule has 0 bridgehead atoms. The predicted molar refractivity (Wildman–Crippen MR) is 63.1 cm³/mol. The smallest absolute Gasteiger partial charge is 0.307 e. The summed E-state index contributed by atoms with van der Waals surface area (Å²) < 4.78 is 9.63. The Hall–Kier alpha value is -1.85. The fraction of sp³-hybridized carbons (Fsp3) is 0.545. The lowest BCUT2D eigenvalue weighted by molar-refractivity contribution is -0.140. The monoisotopic (exact) mass is 239 g/mol. The van der Waals surface area contributed by atoms with E-state index in [2.05, 4.69) is 14.7 Å². The van der Waals surface area contributed by atoms with Crippen LogP contribution in [0.2, 0.25) is 0 Å². The maximum Gasteiger partial charge on any atom is 0.307 e. The first-order valence-electron chi connectivity index (χ1n) is 5.39. The number of nitrogens with zero attached hydrogens (tertiary/aromatic N) is 3. The Morgan fingerprint density at radius 3 is 2.76 bits per heavy atom. The van der Waals surface area contributed by atoms with Crippen LogP contribution in [0.3, 0.4) is 0 Å². The molecule has 1 rings (SSSR count). The molecule has 0 aliphatic carbocycles. The number of carbonyl (C=O) groups excluding carboxylic acids is 1. The van der Waals surface area contributed by atoms with Gasteiger partial charge in [0, 0.05) is 19.2 Å². The number of aromatic nitrogens is 2. The zero-order valence-corrected chi connectivity index (χ0v) is 10.3. The standard InChI is InChI=1S/C11H17N3O3/c1-4-14(6-5-11(15)17-3)9-7-10(16-2)13-8-12-9/h7-8H,4-6H2,1-3H3. The first-order chi connectivity index (χ1) is 8.21. The number of ether oxygens (including phenoxy) is 2. The number of hydrogen-bond acceptors (Lipinski definition) is 6. The van der Waals surface area contributed by atoms with E-state index in [9.17, 15) is 4.79 Å². The highest BCUT2D eigenvalue weighted by atomic mass is 16.5. The van der Waals surface area contributed by atoms with E-state index >= 15 is 0 Å². The first kappa shape index (κ1) is 13.2. The number of rotatable bonds is 6. The molecule has 94 valence electrons. The van der Waals surface area contributed by atoms with Crippen LogP contribution in [-0.4, -0.2) is 43.2 Å². The molecular weight excluding hydrogens is 222 g/mol. The van der Waals surface area contributed by atoms with Gasteiger partial charge in [-0.2, -0.15) is 0 Å². The van der Waals surface area contributed by atoms with Crippen molar-refractivity contribution >= 4 is 11.8 Å². The first-order valence-corrected chi connectivity index (χ1v) is 5.39. The van der Waals surface area contributed by atoms with Gasteiger partial charge in [0.1, 0.15) is 12.1 Å². The average Bonchev–Trinajstić information content (AvgIpc) is 2.39. The van der Waals surface area contributed by atoms with Crippen LogP contribution >= 0.6 is 0 Å². The van der Waals surface area contributed by atoms with E-state index in [1.807, 2.05) is 11.8 Å². The number of carbonyl (C=O) groups is 1. The summed E-state index contributed by atoms with van der Waals surface area (Å²) in [5, 5.41) is 0. The summed E-state index contributed by atoms with van der Waals surface area (Å²) in [6, 6.07) is 1.74. The molecule has 1 aromatic rings. The van der Waals surface area contributed by atoms with E-state index in [4.69, 9.17) is 4.74 Å². The van der Waals surface area contributed by atoms with Crippen molar-refractivity contribution in [2.24, 2.45) is 0 Å². The second-order valence-electron chi connectivity index (χ2n) is 3.32. The SMILES string of the molecule is CCN(CCC(=O)OC)c1cc(OC)ncn1. The zero-order chi connectivity index (χ0) is 12.7. The summed E-state index contributed by atoms with van der Waals surface area (Å²) in [4.78, 5) is 21.1. The molecule has 0 aromatic carbocycles. The molecule has 1 heterocycles. The van der Waals surface area contributed by atoms with Crippen molar-refractivity contribution in [2.75, 3.05) is 32.2 Å². The number of esters is 1. The summed E-state index contributed by atoms with van der Waals surface area (Å²) in [5.74, 6) is 1.01.